The number of hydrogen-bond donors (Lipinski definition) is 1. The maximum absolute atomic E-state index is 12.9. The summed E-state index contributed by atoms with van der Waals surface area (Å²) in [5.41, 5.74) is -0.192. The van der Waals surface area contributed by atoms with Gasteiger partial charge in [-0.3, -0.25) is 9.29 Å². The highest BCUT2D eigenvalue weighted by atomic mass is 79.9. The first-order chi connectivity index (χ1) is 9.91. The first-order valence-corrected chi connectivity index (χ1v) is 7.59. The van der Waals surface area contributed by atoms with Crippen LogP contribution in [0.25, 0.3) is 0 Å². The number of benzene rings is 1. The van der Waals surface area contributed by atoms with Crippen LogP contribution in [0.1, 0.15) is 23.6 Å². The van der Waals surface area contributed by atoms with Crippen molar-refractivity contribution in [1.82, 2.24) is 10.2 Å². The number of alkyl halides is 4. The van der Waals surface area contributed by atoms with E-state index in [2.05, 4.69) is 21.2 Å². The van der Waals surface area contributed by atoms with Crippen molar-refractivity contribution in [3.8, 4) is 0 Å². The predicted octanol–water partition coefficient (Wildman–Crippen LogP) is 3.77. The van der Waals surface area contributed by atoms with Gasteiger partial charge in [-0.25, -0.2) is 0 Å². The molecule has 118 valence electrons. The van der Waals surface area contributed by atoms with Crippen LogP contribution in [0.5, 0.6) is 0 Å². The van der Waals surface area contributed by atoms with Crippen LogP contribution in [0.3, 0.4) is 0 Å². The number of nitrogens with one attached hydrogen (secondary N) is 1. The van der Waals surface area contributed by atoms with E-state index >= 15 is 0 Å². The molecule has 0 spiro atoms. The summed E-state index contributed by atoms with van der Waals surface area (Å²) >= 11 is 3.12. The highest BCUT2D eigenvalue weighted by Crippen LogP contribution is 2.35. The second kappa shape index (κ2) is 7.07. The van der Waals surface area contributed by atoms with E-state index in [1.807, 2.05) is 4.90 Å². The summed E-state index contributed by atoms with van der Waals surface area (Å²) in [4.78, 5) is 2.04. The van der Waals surface area contributed by atoms with E-state index in [-0.39, 0.29) is 12.5 Å². The monoisotopic (exact) mass is 368 g/mol. The van der Waals surface area contributed by atoms with Gasteiger partial charge < -0.3 is 5.32 Å². The molecule has 1 heterocycles. The SMILES string of the molecule is FCC[C@@H](c1cc(Br)cc(C(F)(F)F)c1)N1CCNCC1. The number of rotatable bonds is 4. The predicted molar refractivity (Wildman–Crippen MR) is 76.9 cm³/mol. The van der Waals surface area contributed by atoms with E-state index in [0.717, 1.165) is 25.2 Å². The zero-order valence-corrected chi connectivity index (χ0v) is 13.0. The molecule has 7 heteroatoms. The Bertz CT molecular complexity index is 473. The van der Waals surface area contributed by atoms with E-state index in [9.17, 15) is 17.6 Å². The van der Waals surface area contributed by atoms with Gasteiger partial charge in [0.15, 0.2) is 0 Å². The summed E-state index contributed by atoms with van der Waals surface area (Å²) in [5.74, 6) is 0. The third-order valence-electron chi connectivity index (χ3n) is 3.61. The van der Waals surface area contributed by atoms with Crippen LogP contribution >= 0.6 is 15.9 Å². The number of hydrogen-bond acceptors (Lipinski definition) is 2. The Morgan fingerprint density at radius 1 is 1.19 bits per heavy atom. The highest BCUT2D eigenvalue weighted by Gasteiger charge is 2.32. The quantitative estimate of drug-likeness (QED) is 0.813. The minimum Gasteiger partial charge on any atom is -0.314 e. The lowest BCUT2D eigenvalue weighted by Crippen LogP contribution is -2.45. The Kier molecular flexibility index (Phi) is 5.62. The number of nitrogens with zero attached hydrogens (tertiary/aromatic N) is 1. The second-order valence-electron chi connectivity index (χ2n) is 5.05. The molecule has 1 aliphatic rings. The maximum Gasteiger partial charge on any atom is 0.416 e. The average Bonchev–Trinajstić information content (AvgIpc) is 2.44. The largest absolute Gasteiger partial charge is 0.416 e. The standard InChI is InChI=1S/C14H17BrF4N2/c15-12-8-10(7-11(9-12)14(17,18)19)13(1-2-16)21-5-3-20-4-6-21/h7-9,13,20H,1-6H2/t13-/m0/s1. The van der Waals surface area contributed by atoms with E-state index in [0.29, 0.717) is 23.1 Å². The molecular weight excluding hydrogens is 352 g/mol. The van der Waals surface area contributed by atoms with E-state index in [4.69, 9.17) is 0 Å². The van der Waals surface area contributed by atoms with Crippen LogP contribution in [-0.2, 0) is 6.18 Å². The zero-order chi connectivity index (χ0) is 15.5. The van der Waals surface area contributed by atoms with Crippen molar-refractivity contribution in [2.24, 2.45) is 0 Å². The van der Waals surface area contributed by atoms with Gasteiger partial charge in [0.05, 0.1) is 12.2 Å². The molecule has 0 radical (unpaired) electrons. The van der Waals surface area contributed by atoms with Crippen molar-refractivity contribution in [2.45, 2.75) is 18.6 Å². The molecule has 0 saturated carbocycles. The van der Waals surface area contributed by atoms with Crippen molar-refractivity contribution < 1.29 is 17.6 Å². The topological polar surface area (TPSA) is 15.3 Å². The molecule has 1 aromatic carbocycles. The molecule has 1 N–H and O–H groups in total. The normalized spacial score (nSPS) is 18.7. The lowest BCUT2D eigenvalue weighted by molar-refractivity contribution is -0.137. The van der Waals surface area contributed by atoms with Crippen LogP contribution in [-0.4, -0.2) is 37.8 Å². The summed E-state index contributed by atoms with van der Waals surface area (Å²) in [6, 6.07) is 3.51. The van der Waals surface area contributed by atoms with Gasteiger partial charge in [0, 0.05) is 36.7 Å². The molecule has 21 heavy (non-hydrogen) atoms. The fourth-order valence-electron chi connectivity index (χ4n) is 2.63. The average molecular weight is 369 g/mol. The molecule has 0 bridgehead atoms. The van der Waals surface area contributed by atoms with Gasteiger partial charge in [-0.2, -0.15) is 13.2 Å². The van der Waals surface area contributed by atoms with Crippen molar-refractivity contribution in [3.05, 3.63) is 33.8 Å². The Balaban J connectivity index is 2.32. The van der Waals surface area contributed by atoms with E-state index in [1.54, 1.807) is 6.07 Å². The van der Waals surface area contributed by atoms with E-state index in [1.165, 1.54) is 0 Å². The van der Waals surface area contributed by atoms with Crippen LogP contribution in [0.15, 0.2) is 22.7 Å². The molecular formula is C14H17BrF4N2. The molecule has 2 rings (SSSR count). The summed E-state index contributed by atoms with van der Waals surface area (Å²) in [6.45, 7) is 2.39. The van der Waals surface area contributed by atoms with Crippen LogP contribution in [0.2, 0.25) is 0 Å². The fraction of sp³-hybridized carbons (Fsp3) is 0.571. The molecule has 1 aromatic rings. The minimum atomic E-state index is -4.40. The minimum absolute atomic E-state index is 0.202. The summed E-state index contributed by atoms with van der Waals surface area (Å²) < 4.78 is 52.0. The van der Waals surface area contributed by atoms with Crippen molar-refractivity contribution in [2.75, 3.05) is 32.9 Å². The van der Waals surface area contributed by atoms with Gasteiger partial charge in [0.1, 0.15) is 0 Å². The summed E-state index contributed by atoms with van der Waals surface area (Å²) in [7, 11) is 0. The van der Waals surface area contributed by atoms with Crippen LogP contribution in [0.4, 0.5) is 17.6 Å². The Morgan fingerprint density at radius 3 is 2.43 bits per heavy atom. The second-order valence-corrected chi connectivity index (χ2v) is 5.97. The molecule has 0 amide bonds. The van der Waals surface area contributed by atoms with Gasteiger partial charge in [0.25, 0.3) is 0 Å². The highest BCUT2D eigenvalue weighted by molar-refractivity contribution is 9.10. The summed E-state index contributed by atoms with van der Waals surface area (Å²) in [6.07, 6.45) is -4.20. The van der Waals surface area contributed by atoms with Crippen molar-refractivity contribution in [3.63, 3.8) is 0 Å². The molecule has 1 aliphatic heterocycles. The number of halogens is 5. The Labute approximate surface area is 129 Å². The lowest BCUT2D eigenvalue weighted by atomic mass is 9.99. The molecule has 0 unspecified atom stereocenters. The molecule has 0 aromatic heterocycles. The number of piperazine rings is 1. The van der Waals surface area contributed by atoms with Crippen molar-refractivity contribution >= 4 is 15.9 Å². The van der Waals surface area contributed by atoms with Gasteiger partial charge in [0.2, 0.25) is 0 Å². The molecule has 1 fully saturated rings. The van der Waals surface area contributed by atoms with Crippen LogP contribution in [0, 0.1) is 0 Å². The smallest absolute Gasteiger partial charge is 0.314 e. The fourth-order valence-corrected chi connectivity index (χ4v) is 3.14. The van der Waals surface area contributed by atoms with Gasteiger partial charge in [-0.05, 0) is 30.2 Å². The molecule has 0 aliphatic carbocycles. The first kappa shape index (κ1) is 16.7. The van der Waals surface area contributed by atoms with Gasteiger partial charge in [-0.15, -0.1) is 0 Å². The van der Waals surface area contributed by atoms with Gasteiger partial charge >= 0.3 is 6.18 Å². The molecule has 1 saturated heterocycles. The lowest BCUT2D eigenvalue weighted by Gasteiger charge is -2.35. The molecule has 2 nitrogen and oxygen atoms in total. The Hall–Kier alpha value is -0.660. The Morgan fingerprint density at radius 2 is 1.86 bits per heavy atom. The van der Waals surface area contributed by atoms with Gasteiger partial charge in [-0.1, -0.05) is 15.9 Å². The first-order valence-electron chi connectivity index (χ1n) is 6.80. The summed E-state index contributed by atoms with van der Waals surface area (Å²) in [5, 5.41) is 3.19. The van der Waals surface area contributed by atoms with Crippen LogP contribution < -0.4 is 5.32 Å². The third kappa shape index (κ3) is 4.40. The zero-order valence-electron chi connectivity index (χ0n) is 11.4. The molecule has 1 atom stereocenters. The maximum atomic E-state index is 12.9. The van der Waals surface area contributed by atoms with Crippen molar-refractivity contribution in [1.29, 1.82) is 0 Å². The van der Waals surface area contributed by atoms with E-state index < -0.39 is 18.4 Å². The third-order valence-corrected chi connectivity index (χ3v) is 4.06.